The molecule has 2 heterocycles. The van der Waals surface area contributed by atoms with Crippen molar-refractivity contribution in [2.45, 2.75) is 70.4 Å². The second-order valence-corrected chi connectivity index (χ2v) is 5.69. The largest absolute Gasteiger partial charge is 0.353 e. The second-order valence-electron chi connectivity index (χ2n) is 5.69. The lowest BCUT2D eigenvalue weighted by Gasteiger charge is -2.24. The molecule has 2 rings (SSSR count). The van der Waals surface area contributed by atoms with Crippen LogP contribution in [0, 0.1) is 17.2 Å². The van der Waals surface area contributed by atoms with E-state index in [1.807, 2.05) is 13.8 Å². The van der Waals surface area contributed by atoms with Crippen molar-refractivity contribution in [2.24, 2.45) is 5.92 Å². The molecule has 19 heavy (non-hydrogen) atoms. The van der Waals surface area contributed by atoms with Crippen LogP contribution in [0.5, 0.6) is 0 Å². The van der Waals surface area contributed by atoms with Crippen LogP contribution in [0.25, 0.3) is 0 Å². The summed E-state index contributed by atoms with van der Waals surface area (Å²) >= 11 is 0. The van der Waals surface area contributed by atoms with Gasteiger partial charge in [0.1, 0.15) is 12.2 Å². The van der Waals surface area contributed by atoms with Crippen LogP contribution in [-0.4, -0.2) is 37.5 Å². The highest BCUT2D eigenvalue weighted by atomic mass is 16.8. The van der Waals surface area contributed by atoms with Gasteiger partial charge in [0.25, 0.3) is 0 Å². The molecule has 0 radical (unpaired) electrons. The van der Waals surface area contributed by atoms with E-state index in [2.05, 4.69) is 13.0 Å². The molecule has 0 spiro atoms. The summed E-state index contributed by atoms with van der Waals surface area (Å²) in [6.45, 7) is 5.87. The minimum absolute atomic E-state index is 0.00133. The fraction of sp³-hybridized carbons (Fsp3) is 0.929. The van der Waals surface area contributed by atoms with Gasteiger partial charge in [-0.25, -0.2) is 0 Å². The Labute approximate surface area is 114 Å². The minimum Gasteiger partial charge on any atom is -0.353 e. The fourth-order valence-corrected chi connectivity index (χ4v) is 2.89. The van der Waals surface area contributed by atoms with E-state index in [0.717, 1.165) is 12.8 Å². The molecule has 1 unspecified atom stereocenters. The molecule has 108 valence electrons. The van der Waals surface area contributed by atoms with Gasteiger partial charge < -0.3 is 18.9 Å². The van der Waals surface area contributed by atoms with E-state index in [4.69, 9.17) is 18.9 Å². The highest BCUT2D eigenvalue weighted by Crippen LogP contribution is 2.40. The summed E-state index contributed by atoms with van der Waals surface area (Å²) in [5.74, 6) is -0.611. The van der Waals surface area contributed by atoms with Crippen molar-refractivity contribution in [2.75, 3.05) is 7.11 Å². The second kappa shape index (κ2) is 5.76. The van der Waals surface area contributed by atoms with Gasteiger partial charge in [-0.05, 0) is 26.7 Å². The van der Waals surface area contributed by atoms with Gasteiger partial charge in [-0.1, -0.05) is 13.3 Å². The van der Waals surface area contributed by atoms with Gasteiger partial charge in [0, 0.05) is 13.0 Å². The molecule has 0 saturated carbocycles. The third kappa shape index (κ3) is 3.09. The zero-order valence-electron chi connectivity index (χ0n) is 12.1. The molecule has 2 aliphatic heterocycles. The first-order valence-electron chi connectivity index (χ1n) is 6.94. The van der Waals surface area contributed by atoms with Gasteiger partial charge in [0.15, 0.2) is 12.1 Å². The van der Waals surface area contributed by atoms with E-state index in [0.29, 0.717) is 6.42 Å². The summed E-state index contributed by atoms with van der Waals surface area (Å²) < 4.78 is 22.9. The van der Waals surface area contributed by atoms with Crippen LogP contribution in [0.1, 0.15) is 40.0 Å². The lowest BCUT2D eigenvalue weighted by atomic mass is 9.95. The smallest absolute Gasteiger partial charge is 0.186 e. The van der Waals surface area contributed by atoms with Crippen LogP contribution in [0.2, 0.25) is 0 Å². The van der Waals surface area contributed by atoms with Crippen LogP contribution in [-0.2, 0) is 18.9 Å². The first-order valence-corrected chi connectivity index (χ1v) is 6.94. The molecule has 5 heteroatoms. The third-order valence-electron chi connectivity index (χ3n) is 3.68. The van der Waals surface area contributed by atoms with Crippen LogP contribution >= 0.6 is 0 Å². The maximum Gasteiger partial charge on any atom is 0.186 e. The Balaban J connectivity index is 2.04. The van der Waals surface area contributed by atoms with E-state index in [1.54, 1.807) is 7.11 Å². The first kappa shape index (κ1) is 14.7. The number of hydrogen-bond donors (Lipinski definition) is 0. The van der Waals surface area contributed by atoms with Gasteiger partial charge in [-0.15, -0.1) is 0 Å². The Morgan fingerprint density at radius 3 is 2.58 bits per heavy atom. The van der Waals surface area contributed by atoms with Gasteiger partial charge in [-0.3, -0.25) is 0 Å². The Morgan fingerprint density at radius 2 is 2.00 bits per heavy atom. The average Bonchev–Trinajstić information content (AvgIpc) is 2.83. The highest BCUT2D eigenvalue weighted by molar-refractivity contribution is 4.98. The summed E-state index contributed by atoms with van der Waals surface area (Å²) in [4.78, 5) is 0. The predicted molar refractivity (Wildman–Crippen MR) is 68.1 cm³/mol. The number of nitrogens with zero attached hydrogens (tertiary/aromatic N) is 1. The summed E-state index contributed by atoms with van der Waals surface area (Å²) in [5.41, 5.74) is 0. The van der Waals surface area contributed by atoms with Crippen molar-refractivity contribution < 1.29 is 18.9 Å². The number of nitriles is 1. The molecular formula is C14H23NO4. The molecule has 2 aliphatic rings. The maximum absolute atomic E-state index is 9.17. The van der Waals surface area contributed by atoms with Crippen LogP contribution < -0.4 is 0 Å². The average molecular weight is 269 g/mol. The molecule has 0 aromatic heterocycles. The standard InChI is InChI=1S/C14H23NO4/c1-5-6-9(8-15)7-10-11-12(13(16-4)17-10)19-14(2,3)18-11/h9-13H,5-7H2,1-4H3/t9?,10-,11-,12-,13-/m1/s1. The SMILES string of the molecule is CCCC(C#N)C[C@H]1O[C@@H](OC)[C@@H]2OC(C)(C)O[C@@H]21. The van der Waals surface area contributed by atoms with Crippen molar-refractivity contribution in [3.63, 3.8) is 0 Å². The summed E-state index contributed by atoms with van der Waals surface area (Å²) in [7, 11) is 1.60. The predicted octanol–water partition coefficient (Wildman–Crippen LogP) is 2.21. The third-order valence-corrected chi connectivity index (χ3v) is 3.68. The number of ether oxygens (including phenoxy) is 4. The monoisotopic (exact) mass is 269 g/mol. The molecule has 5 nitrogen and oxygen atoms in total. The molecule has 0 amide bonds. The van der Waals surface area contributed by atoms with Gasteiger partial charge in [0.05, 0.1) is 12.2 Å². The van der Waals surface area contributed by atoms with Gasteiger partial charge in [0.2, 0.25) is 0 Å². The lowest BCUT2D eigenvalue weighted by molar-refractivity contribution is -0.228. The number of fused-ring (bicyclic) bond motifs is 1. The lowest BCUT2D eigenvalue weighted by Crippen LogP contribution is -2.31. The zero-order valence-corrected chi connectivity index (χ0v) is 12.1. The van der Waals surface area contributed by atoms with Crippen LogP contribution in [0.3, 0.4) is 0 Å². The van der Waals surface area contributed by atoms with Crippen molar-refractivity contribution in [1.82, 2.24) is 0 Å². The molecule has 0 N–H and O–H groups in total. The van der Waals surface area contributed by atoms with E-state index >= 15 is 0 Å². The van der Waals surface area contributed by atoms with E-state index in [-0.39, 0.29) is 24.2 Å². The fourth-order valence-electron chi connectivity index (χ4n) is 2.89. The molecule has 2 fully saturated rings. The van der Waals surface area contributed by atoms with Gasteiger partial charge in [-0.2, -0.15) is 5.26 Å². The Hall–Kier alpha value is -0.670. The van der Waals surface area contributed by atoms with E-state index in [9.17, 15) is 5.26 Å². The zero-order chi connectivity index (χ0) is 14.0. The molecule has 2 saturated heterocycles. The van der Waals surface area contributed by atoms with Crippen molar-refractivity contribution in [3.8, 4) is 6.07 Å². The van der Waals surface area contributed by atoms with Crippen LogP contribution in [0.15, 0.2) is 0 Å². The normalized spacial score (nSPS) is 37.8. The highest BCUT2D eigenvalue weighted by Gasteiger charge is 2.55. The Bertz CT molecular complexity index is 352. The van der Waals surface area contributed by atoms with Crippen molar-refractivity contribution in [3.05, 3.63) is 0 Å². The molecule has 0 aromatic rings. The maximum atomic E-state index is 9.17. The van der Waals surface area contributed by atoms with E-state index in [1.165, 1.54) is 0 Å². The van der Waals surface area contributed by atoms with Gasteiger partial charge >= 0.3 is 0 Å². The summed E-state index contributed by atoms with van der Waals surface area (Å²) in [6, 6.07) is 2.35. The topological polar surface area (TPSA) is 60.7 Å². The number of methoxy groups -OCH3 is 1. The first-order chi connectivity index (χ1) is 9.00. The van der Waals surface area contributed by atoms with Crippen molar-refractivity contribution >= 4 is 0 Å². The molecule has 0 bridgehead atoms. The molecule has 0 aliphatic carbocycles. The molecule has 5 atom stereocenters. The Morgan fingerprint density at radius 1 is 1.32 bits per heavy atom. The van der Waals surface area contributed by atoms with Crippen molar-refractivity contribution in [1.29, 1.82) is 5.26 Å². The number of rotatable bonds is 5. The molecule has 0 aromatic carbocycles. The van der Waals surface area contributed by atoms with Crippen LogP contribution in [0.4, 0.5) is 0 Å². The quantitative estimate of drug-likeness (QED) is 0.765. The minimum atomic E-state index is -0.610. The number of hydrogen-bond acceptors (Lipinski definition) is 5. The summed E-state index contributed by atoms with van der Waals surface area (Å²) in [6.07, 6.45) is 1.67. The Kier molecular flexibility index (Phi) is 4.46. The summed E-state index contributed by atoms with van der Waals surface area (Å²) in [5, 5.41) is 9.17. The van der Waals surface area contributed by atoms with E-state index < -0.39 is 12.1 Å². The molecular weight excluding hydrogens is 246 g/mol.